The van der Waals surface area contributed by atoms with Gasteiger partial charge in [-0.25, -0.2) is 9.07 Å². The fourth-order valence-electron chi connectivity index (χ4n) is 2.47. The number of rotatable bonds is 6. The van der Waals surface area contributed by atoms with Crippen LogP contribution in [0.25, 0.3) is 11.3 Å². The van der Waals surface area contributed by atoms with Crippen molar-refractivity contribution in [3.63, 3.8) is 0 Å². The second kappa shape index (κ2) is 8.27. The highest BCUT2D eigenvalue weighted by Crippen LogP contribution is 2.19. The monoisotopic (exact) mass is 367 g/mol. The molecule has 0 saturated carbocycles. The standard InChI is InChI=1S/C20H18FN3O3/c1-27-17-8-4-15(5-9-17)18-10-11-20(26)24(23-18)13-19(25)22-12-14-2-6-16(21)7-3-14/h2-11H,12-13H2,1H3,(H,22,25). The van der Waals surface area contributed by atoms with Crippen LogP contribution in [0, 0.1) is 5.82 Å². The number of amides is 1. The van der Waals surface area contributed by atoms with E-state index in [0.717, 1.165) is 15.8 Å². The highest BCUT2D eigenvalue weighted by atomic mass is 19.1. The molecule has 0 bridgehead atoms. The Bertz CT molecular complexity index is 983. The second-order valence-corrected chi connectivity index (χ2v) is 5.85. The van der Waals surface area contributed by atoms with Gasteiger partial charge in [0.05, 0.1) is 12.8 Å². The van der Waals surface area contributed by atoms with Gasteiger partial charge in [-0.05, 0) is 48.0 Å². The highest BCUT2D eigenvalue weighted by Gasteiger charge is 2.08. The maximum absolute atomic E-state index is 12.9. The summed E-state index contributed by atoms with van der Waals surface area (Å²) >= 11 is 0. The summed E-state index contributed by atoms with van der Waals surface area (Å²) in [6.07, 6.45) is 0. The Morgan fingerprint density at radius 1 is 1.07 bits per heavy atom. The lowest BCUT2D eigenvalue weighted by Gasteiger charge is -2.09. The summed E-state index contributed by atoms with van der Waals surface area (Å²) < 4.78 is 19.1. The van der Waals surface area contributed by atoms with Gasteiger partial charge in [0, 0.05) is 18.2 Å². The first-order valence-electron chi connectivity index (χ1n) is 8.29. The van der Waals surface area contributed by atoms with Crippen molar-refractivity contribution in [1.29, 1.82) is 0 Å². The number of hydrogen-bond acceptors (Lipinski definition) is 4. The lowest BCUT2D eigenvalue weighted by Crippen LogP contribution is -2.33. The summed E-state index contributed by atoms with van der Waals surface area (Å²) in [4.78, 5) is 24.1. The van der Waals surface area contributed by atoms with Gasteiger partial charge in [0.1, 0.15) is 18.1 Å². The normalized spacial score (nSPS) is 10.4. The first-order chi connectivity index (χ1) is 13.0. The van der Waals surface area contributed by atoms with Crippen molar-refractivity contribution in [3.05, 3.63) is 82.4 Å². The van der Waals surface area contributed by atoms with Gasteiger partial charge < -0.3 is 10.1 Å². The van der Waals surface area contributed by atoms with Gasteiger partial charge in [-0.15, -0.1) is 0 Å². The van der Waals surface area contributed by atoms with Crippen LogP contribution in [-0.2, 0) is 17.9 Å². The van der Waals surface area contributed by atoms with Crippen LogP contribution in [0.3, 0.4) is 0 Å². The molecule has 6 nitrogen and oxygen atoms in total. The van der Waals surface area contributed by atoms with E-state index in [1.165, 1.54) is 18.2 Å². The van der Waals surface area contributed by atoms with Crippen molar-refractivity contribution in [3.8, 4) is 17.0 Å². The van der Waals surface area contributed by atoms with Crippen LogP contribution in [0.5, 0.6) is 5.75 Å². The number of carbonyl (C=O) groups excluding carboxylic acids is 1. The zero-order valence-electron chi connectivity index (χ0n) is 14.7. The molecule has 0 aliphatic rings. The molecule has 27 heavy (non-hydrogen) atoms. The minimum Gasteiger partial charge on any atom is -0.497 e. The number of hydrogen-bond donors (Lipinski definition) is 1. The van der Waals surface area contributed by atoms with Crippen molar-refractivity contribution in [1.82, 2.24) is 15.1 Å². The van der Waals surface area contributed by atoms with Gasteiger partial charge in [0.2, 0.25) is 5.91 Å². The third-order valence-electron chi connectivity index (χ3n) is 3.95. The third kappa shape index (κ3) is 4.78. The second-order valence-electron chi connectivity index (χ2n) is 5.85. The molecule has 0 spiro atoms. The molecule has 0 saturated heterocycles. The smallest absolute Gasteiger partial charge is 0.267 e. The van der Waals surface area contributed by atoms with E-state index in [9.17, 15) is 14.0 Å². The van der Waals surface area contributed by atoms with Gasteiger partial charge in [0.15, 0.2) is 0 Å². The van der Waals surface area contributed by atoms with E-state index in [1.807, 2.05) is 12.1 Å². The minimum atomic E-state index is -0.371. The van der Waals surface area contributed by atoms with Gasteiger partial charge in [-0.1, -0.05) is 12.1 Å². The molecule has 0 atom stereocenters. The number of ether oxygens (including phenoxy) is 1. The summed E-state index contributed by atoms with van der Waals surface area (Å²) in [5.74, 6) is 0.0178. The van der Waals surface area contributed by atoms with Gasteiger partial charge in [-0.2, -0.15) is 5.10 Å². The van der Waals surface area contributed by atoms with Crippen molar-refractivity contribution in [2.75, 3.05) is 7.11 Å². The average molecular weight is 367 g/mol. The Kier molecular flexibility index (Phi) is 5.61. The van der Waals surface area contributed by atoms with E-state index in [4.69, 9.17) is 4.74 Å². The van der Waals surface area contributed by atoms with E-state index < -0.39 is 0 Å². The Labute approximate surface area is 155 Å². The number of benzene rings is 2. The van der Waals surface area contributed by atoms with Crippen molar-refractivity contribution >= 4 is 5.91 Å². The molecule has 138 valence electrons. The molecule has 3 aromatic rings. The molecular formula is C20H18FN3O3. The molecule has 3 rings (SSSR count). The number of carbonyl (C=O) groups is 1. The number of halogens is 1. The first kappa shape index (κ1) is 18.3. The zero-order valence-corrected chi connectivity index (χ0v) is 14.7. The van der Waals surface area contributed by atoms with E-state index in [2.05, 4.69) is 10.4 Å². The molecule has 1 heterocycles. The zero-order chi connectivity index (χ0) is 19.2. The van der Waals surface area contributed by atoms with Crippen molar-refractivity contribution < 1.29 is 13.9 Å². The Hall–Kier alpha value is -3.48. The van der Waals surface area contributed by atoms with Gasteiger partial charge in [-0.3, -0.25) is 9.59 Å². The number of aromatic nitrogens is 2. The third-order valence-corrected chi connectivity index (χ3v) is 3.95. The van der Waals surface area contributed by atoms with Crippen LogP contribution < -0.4 is 15.6 Å². The van der Waals surface area contributed by atoms with Gasteiger partial charge >= 0.3 is 0 Å². The summed E-state index contributed by atoms with van der Waals surface area (Å²) in [5, 5.41) is 6.95. The predicted molar refractivity (Wildman–Crippen MR) is 98.7 cm³/mol. The average Bonchev–Trinajstić information content (AvgIpc) is 2.69. The maximum atomic E-state index is 12.9. The Morgan fingerprint density at radius 3 is 2.44 bits per heavy atom. The lowest BCUT2D eigenvalue weighted by molar-refractivity contribution is -0.122. The summed E-state index contributed by atoms with van der Waals surface area (Å²) in [6.45, 7) is 0.0378. The maximum Gasteiger partial charge on any atom is 0.267 e. The number of nitrogens with zero attached hydrogens (tertiary/aromatic N) is 2. The Balaban J connectivity index is 1.69. The van der Waals surface area contributed by atoms with Crippen LogP contribution in [0.4, 0.5) is 4.39 Å². The van der Waals surface area contributed by atoms with Crippen LogP contribution in [0.15, 0.2) is 65.5 Å². The van der Waals surface area contributed by atoms with E-state index in [1.54, 1.807) is 37.4 Å². The van der Waals surface area contributed by atoms with Gasteiger partial charge in [0.25, 0.3) is 5.56 Å². The van der Waals surface area contributed by atoms with Crippen LogP contribution in [0.2, 0.25) is 0 Å². The molecule has 0 radical (unpaired) electrons. The molecule has 2 aromatic carbocycles. The molecule has 0 fully saturated rings. The molecule has 0 unspecified atom stereocenters. The van der Waals surface area contributed by atoms with Crippen molar-refractivity contribution in [2.45, 2.75) is 13.1 Å². The first-order valence-corrected chi connectivity index (χ1v) is 8.29. The quantitative estimate of drug-likeness (QED) is 0.726. The minimum absolute atomic E-state index is 0.204. The van der Waals surface area contributed by atoms with Crippen LogP contribution in [-0.4, -0.2) is 22.8 Å². The molecule has 0 aliphatic carbocycles. The Morgan fingerprint density at radius 2 is 1.78 bits per heavy atom. The molecule has 7 heteroatoms. The summed E-state index contributed by atoms with van der Waals surface area (Å²) in [7, 11) is 1.58. The van der Waals surface area contributed by atoms with Crippen molar-refractivity contribution in [2.24, 2.45) is 0 Å². The number of methoxy groups -OCH3 is 1. The highest BCUT2D eigenvalue weighted by molar-refractivity contribution is 5.75. The fraction of sp³-hybridized carbons (Fsp3) is 0.150. The summed E-state index contributed by atoms with van der Waals surface area (Å²) in [6, 6.07) is 16.0. The summed E-state index contributed by atoms with van der Waals surface area (Å²) in [5.41, 5.74) is 1.76. The van der Waals surface area contributed by atoms with E-state index >= 15 is 0 Å². The molecular weight excluding hydrogens is 349 g/mol. The topological polar surface area (TPSA) is 73.2 Å². The largest absolute Gasteiger partial charge is 0.497 e. The molecule has 1 amide bonds. The molecule has 1 aromatic heterocycles. The SMILES string of the molecule is COc1ccc(-c2ccc(=O)n(CC(=O)NCc3ccc(F)cc3)n2)cc1. The lowest BCUT2D eigenvalue weighted by atomic mass is 10.1. The van der Waals surface area contributed by atoms with Crippen LogP contribution in [0.1, 0.15) is 5.56 Å². The van der Waals surface area contributed by atoms with Crippen LogP contribution >= 0.6 is 0 Å². The number of nitrogens with one attached hydrogen (secondary N) is 1. The molecule has 0 aliphatic heterocycles. The van der Waals surface area contributed by atoms with E-state index in [0.29, 0.717) is 11.4 Å². The van der Waals surface area contributed by atoms with E-state index in [-0.39, 0.29) is 30.4 Å². The fourth-order valence-corrected chi connectivity index (χ4v) is 2.47. The molecule has 1 N–H and O–H groups in total. The predicted octanol–water partition coefficient (Wildman–Crippen LogP) is 2.37.